The summed E-state index contributed by atoms with van der Waals surface area (Å²) in [5.74, 6) is 0.645. The summed E-state index contributed by atoms with van der Waals surface area (Å²) in [6.45, 7) is 3.49. The predicted octanol–water partition coefficient (Wildman–Crippen LogP) is 4.47. The van der Waals surface area contributed by atoms with Gasteiger partial charge in [0.2, 0.25) is 0 Å². The molecule has 5 nitrogen and oxygen atoms in total. The number of alkyl halides is 3. The molecule has 0 radical (unpaired) electrons. The second-order valence-corrected chi connectivity index (χ2v) is 5.33. The smallest absolute Gasteiger partial charge is 0.416 e. The van der Waals surface area contributed by atoms with Crippen LogP contribution in [0.15, 0.2) is 30.5 Å². The van der Waals surface area contributed by atoms with Crippen molar-refractivity contribution in [3.8, 4) is 5.75 Å². The SMILES string of the molecule is COc1c(C)cnc(COC(=O)Nc2cccc(C(F)(F)F)c2)c1C. The van der Waals surface area contributed by atoms with Gasteiger partial charge in [-0.3, -0.25) is 10.3 Å². The predicted molar refractivity (Wildman–Crippen MR) is 85.5 cm³/mol. The molecular formula is C17H17F3N2O3. The molecule has 0 saturated heterocycles. The second-order valence-electron chi connectivity index (χ2n) is 5.33. The van der Waals surface area contributed by atoms with Gasteiger partial charge in [-0.1, -0.05) is 6.07 Å². The van der Waals surface area contributed by atoms with Crippen molar-refractivity contribution in [2.75, 3.05) is 12.4 Å². The van der Waals surface area contributed by atoms with Crippen LogP contribution in [0.3, 0.4) is 0 Å². The number of aromatic nitrogens is 1. The average molecular weight is 354 g/mol. The molecule has 134 valence electrons. The van der Waals surface area contributed by atoms with Gasteiger partial charge in [-0.05, 0) is 32.0 Å². The Morgan fingerprint density at radius 2 is 2.00 bits per heavy atom. The first-order chi connectivity index (χ1) is 11.7. The van der Waals surface area contributed by atoms with Gasteiger partial charge in [0.25, 0.3) is 0 Å². The van der Waals surface area contributed by atoms with Crippen LogP contribution in [-0.2, 0) is 17.5 Å². The maximum Gasteiger partial charge on any atom is 0.416 e. The fourth-order valence-corrected chi connectivity index (χ4v) is 2.28. The van der Waals surface area contributed by atoms with Gasteiger partial charge in [0.15, 0.2) is 0 Å². The Hall–Kier alpha value is -2.77. The van der Waals surface area contributed by atoms with Crippen LogP contribution in [0.1, 0.15) is 22.4 Å². The molecule has 2 rings (SSSR count). The molecule has 1 heterocycles. The number of nitrogens with one attached hydrogen (secondary N) is 1. The summed E-state index contributed by atoms with van der Waals surface area (Å²) in [7, 11) is 1.53. The lowest BCUT2D eigenvalue weighted by atomic mass is 10.1. The molecule has 0 atom stereocenters. The van der Waals surface area contributed by atoms with Crippen molar-refractivity contribution in [3.05, 3.63) is 52.8 Å². The summed E-state index contributed by atoms with van der Waals surface area (Å²) >= 11 is 0. The second kappa shape index (κ2) is 7.42. The number of amides is 1. The van der Waals surface area contributed by atoms with E-state index in [1.807, 2.05) is 6.92 Å². The lowest BCUT2D eigenvalue weighted by Crippen LogP contribution is -2.15. The van der Waals surface area contributed by atoms with E-state index in [0.29, 0.717) is 11.4 Å². The summed E-state index contributed by atoms with van der Waals surface area (Å²) in [4.78, 5) is 16.0. The van der Waals surface area contributed by atoms with E-state index in [0.717, 1.165) is 23.3 Å². The third-order valence-electron chi connectivity index (χ3n) is 3.53. The van der Waals surface area contributed by atoms with E-state index < -0.39 is 17.8 Å². The van der Waals surface area contributed by atoms with Gasteiger partial charge < -0.3 is 9.47 Å². The molecule has 0 aliphatic heterocycles. The van der Waals surface area contributed by atoms with Crippen LogP contribution in [-0.4, -0.2) is 18.2 Å². The highest BCUT2D eigenvalue weighted by atomic mass is 19.4. The molecule has 0 aliphatic rings. The monoisotopic (exact) mass is 354 g/mol. The van der Waals surface area contributed by atoms with E-state index in [2.05, 4.69) is 10.3 Å². The first-order valence-corrected chi connectivity index (χ1v) is 7.32. The summed E-state index contributed by atoms with van der Waals surface area (Å²) in [5, 5.41) is 2.26. The number of halogens is 3. The topological polar surface area (TPSA) is 60.5 Å². The highest BCUT2D eigenvalue weighted by Crippen LogP contribution is 2.30. The van der Waals surface area contributed by atoms with Crippen molar-refractivity contribution in [2.45, 2.75) is 26.6 Å². The number of methoxy groups -OCH3 is 1. The zero-order valence-electron chi connectivity index (χ0n) is 13.9. The molecule has 0 fully saturated rings. The van der Waals surface area contributed by atoms with E-state index >= 15 is 0 Å². The first-order valence-electron chi connectivity index (χ1n) is 7.32. The van der Waals surface area contributed by atoms with Crippen LogP contribution in [0.4, 0.5) is 23.7 Å². The molecule has 1 aromatic carbocycles. The third kappa shape index (κ3) is 4.62. The fourth-order valence-electron chi connectivity index (χ4n) is 2.28. The fraction of sp³-hybridized carbons (Fsp3) is 0.294. The molecule has 8 heteroatoms. The minimum atomic E-state index is -4.49. The van der Waals surface area contributed by atoms with Gasteiger partial charge >= 0.3 is 12.3 Å². The number of hydrogen-bond donors (Lipinski definition) is 1. The van der Waals surface area contributed by atoms with Crippen LogP contribution in [0, 0.1) is 13.8 Å². The molecule has 1 aromatic heterocycles. The molecular weight excluding hydrogens is 337 g/mol. The number of pyridine rings is 1. The Morgan fingerprint density at radius 3 is 2.64 bits per heavy atom. The number of anilines is 1. The maximum absolute atomic E-state index is 12.7. The van der Waals surface area contributed by atoms with Gasteiger partial charge in [0.1, 0.15) is 12.4 Å². The minimum absolute atomic E-state index is 0.00834. The van der Waals surface area contributed by atoms with Gasteiger partial charge in [-0.2, -0.15) is 13.2 Å². The lowest BCUT2D eigenvalue weighted by molar-refractivity contribution is -0.137. The number of hydrogen-bond acceptors (Lipinski definition) is 4. The van der Waals surface area contributed by atoms with Gasteiger partial charge in [-0.25, -0.2) is 4.79 Å². The molecule has 0 unspecified atom stereocenters. The lowest BCUT2D eigenvalue weighted by Gasteiger charge is -2.13. The van der Waals surface area contributed by atoms with Gasteiger partial charge in [0.05, 0.1) is 18.4 Å². The van der Waals surface area contributed by atoms with Gasteiger partial charge in [-0.15, -0.1) is 0 Å². The number of carbonyl (C=O) groups is 1. The summed E-state index contributed by atoms with van der Waals surface area (Å²) in [6, 6.07) is 4.30. The zero-order chi connectivity index (χ0) is 18.6. The Bertz CT molecular complexity index is 776. The van der Waals surface area contributed by atoms with Crippen molar-refractivity contribution in [1.29, 1.82) is 0 Å². The van der Waals surface area contributed by atoms with Crippen LogP contribution in [0.2, 0.25) is 0 Å². The highest BCUT2D eigenvalue weighted by Gasteiger charge is 2.30. The van der Waals surface area contributed by atoms with E-state index in [9.17, 15) is 18.0 Å². The Morgan fingerprint density at radius 1 is 1.28 bits per heavy atom. The number of carbonyl (C=O) groups excluding carboxylic acids is 1. The number of rotatable bonds is 4. The molecule has 1 N–H and O–H groups in total. The van der Waals surface area contributed by atoms with Crippen molar-refractivity contribution < 1.29 is 27.4 Å². The van der Waals surface area contributed by atoms with E-state index in [1.165, 1.54) is 19.2 Å². The largest absolute Gasteiger partial charge is 0.496 e. The Labute approximate surface area is 142 Å². The molecule has 0 saturated carbocycles. The molecule has 1 amide bonds. The van der Waals surface area contributed by atoms with Crippen molar-refractivity contribution >= 4 is 11.8 Å². The van der Waals surface area contributed by atoms with Crippen LogP contribution >= 0.6 is 0 Å². The van der Waals surface area contributed by atoms with Crippen molar-refractivity contribution in [1.82, 2.24) is 4.98 Å². The van der Waals surface area contributed by atoms with Crippen LogP contribution in [0.25, 0.3) is 0 Å². The van der Waals surface area contributed by atoms with E-state index in [-0.39, 0.29) is 12.3 Å². The summed E-state index contributed by atoms with van der Waals surface area (Å²) in [6.07, 6.45) is -3.77. The minimum Gasteiger partial charge on any atom is -0.496 e. The maximum atomic E-state index is 12.7. The summed E-state index contributed by atoms with van der Waals surface area (Å²) in [5.41, 5.74) is 1.21. The Kier molecular flexibility index (Phi) is 5.51. The molecule has 0 bridgehead atoms. The van der Waals surface area contributed by atoms with Gasteiger partial charge in [0, 0.05) is 23.0 Å². The number of benzene rings is 1. The van der Waals surface area contributed by atoms with Crippen LogP contribution in [0.5, 0.6) is 5.75 Å². The van der Waals surface area contributed by atoms with Crippen LogP contribution < -0.4 is 10.1 Å². The quantitative estimate of drug-likeness (QED) is 0.880. The molecule has 0 spiro atoms. The molecule has 0 aliphatic carbocycles. The zero-order valence-corrected chi connectivity index (χ0v) is 13.9. The normalized spacial score (nSPS) is 11.1. The molecule has 25 heavy (non-hydrogen) atoms. The average Bonchev–Trinajstić information content (AvgIpc) is 2.54. The van der Waals surface area contributed by atoms with E-state index in [1.54, 1.807) is 13.1 Å². The van der Waals surface area contributed by atoms with Crippen molar-refractivity contribution in [2.24, 2.45) is 0 Å². The number of nitrogens with zero attached hydrogens (tertiary/aromatic N) is 1. The summed E-state index contributed by atoms with van der Waals surface area (Å²) < 4.78 is 48.3. The Balaban J connectivity index is 2.02. The van der Waals surface area contributed by atoms with E-state index in [4.69, 9.17) is 9.47 Å². The number of aryl methyl sites for hydroxylation is 1. The highest BCUT2D eigenvalue weighted by molar-refractivity contribution is 5.84. The van der Waals surface area contributed by atoms with Crippen molar-refractivity contribution in [3.63, 3.8) is 0 Å². The standard InChI is InChI=1S/C17H17F3N2O3/c1-10-8-21-14(11(2)15(10)24-3)9-25-16(23)22-13-6-4-5-12(7-13)17(18,19)20/h4-8H,9H2,1-3H3,(H,22,23). The molecule has 2 aromatic rings. The number of ether oxygens (including phenoxy) is 2. The third-order valence-corrected chi connectivity index (χ3v) is 3.53. The first kappa shape index (κ1) is 18.6.